The third-order valence-corrected chi connectivity index (χ3v) is 3.36. The highest BCUT2D eigenvalue weighted by atomic mass is 16.2. The van der Waals surface area contributed by atoms with Crippen LogP contribution in [0.1, 0.15) is 27.2 Å². The van der Waals surface area contributed by atoms with Crippen molar-refractivity contribution < 1.29 is 4.79 Å². The fraction of sp³-hybridized carbons (Fsp3) is 0.917. The van der Waals surface area contributed by atoms with Crippen LogP contribution in [-0.2, 0) is 4.79 Å². The monoisotopic (exact) mass is 227 g/mol. The van der Waals surface area contributed by atoms with E-state index in [0.717, 1.165) is 32.7 Å². The third kappa shape index (κ3) is 3.19. The van der Waals surface area contributed by atoms with E-state index in [0.29, 0.717) is 0 Å². The fourth-order valence-electron chi connectivity index (χ4n) is 1.99. The summed E-state index contributed by atoms with van der Waals surface area (Å²) < 4.78 is 0. The normalized spacial score (nSPS) is 18.9. The Morgan fingerprint density at radius 3 is 2.25 bits per heavy atom. The molecule has 1 heterocycles. The van der Waals surface area contributed by atoms with Crippen molar-refractivity contribution in [3.8, 4) is 0 Å². The highest BCUT2D eigenvalue weighted by Crippen LogP contribution is 2.10. The van der Waals surface area contributed by atoms with Crippen molar-refractivity contribution in [2.24, 2.45) is 0 Å². The predicted octanol–water partition coefficient (Wildman–Crippen LogP) is 0.539. The van der Waals surface area contributed by atoms with Gasteiger partial charge in [-0.05, 0) is 33.9 Å². The molecule has 94 valence electrons. The molecule has 0 aromatic rings. The van der Waals surface area contributed by atoms with E-state index < -0.39 is 5.54 Å². The maximum atomic E-state index is 12.2. The van der Waals surface area contributed by atoms with Gasteiger partial charge in [0.25, 0.3) is 0 Å². The summed E-state index contributed by atoms with van der Waals surface area (Å²) in [6.07, 6.45) is 1.19. The molecule has 0 aromatic carbocycles. The summed E-state index contributed by atoms with van der Waals surface area (Å²) >= 11 is 0. The number of nitrogens with zero attached hydrogens (tertiary/aromatic N) is 2. The number of carbonyl (C=O) groups is 1. The molecule has 1 aliphatic rings. The van der Waals surface area contributed by atoms with Crippen LogP contribution < -0.4 is 5.32 Å². The van der Waals surface area contributed by atoms with Gasteiger partial charge in [0, 0.05) is 26.2 Å². The van der Waals surface area contributed by atoms with Crippen molar-refractivity contribution in [3.63, 3.8) is 0 Å². The number of hydrogen-bond donors (Lipinski definition) is 1. The number of rotatable bonds is 4. The maximum Gasteiger partial charge on any atom is 0.242 e. The van der Waals surface area contributed by atoms with Gasteiger partial charge in [0.1, 0.15) is 0 Å². The average molecular weight is 227 g/mol. The van der Waals surface area contributed by atoms with Gasteiger partial charge in [-0.1, -0.05) is 6.92 Å². The van der Waals surface area contributed by atoms with Crippen LogP contribution in [0.15, 0.2) is 0 Å². The van der Waals surface area contributed by atoms with Gasteiger partial charge in [-0.25, -0.2) is 0 Å². The molecule has 0 atom stereocenters. The molecule has 0 bridgehead atoms. The molecule has 1 fully saturated rings. The molecule has 1 N–H and O–H groups in total. The van der Waals surface area contributed by atoms with Crippen LogP contribution in [0.5, 0.6) is 0 Å². The Morgan fingerprint density at radius 2 is 1.81 bits per heavy atom. The molecular weight excluding hydrogens is 202 g/mol. The lowest BCUT2D eigenvalue weighted by atomic mass is 10.0. The summed E-state index contributed by atoms with van der Waals surface area (Å²) in [7, 11) is 1.84. The average Bonchev–Trinajstić information content (AvgIpc) is 2.29. The first-order valence-corrected chi connectivity index (χ1v) is 6.22. The number of amides is 1. The zero-order valence-corrected chi connectivity index (χ0v) is 11.0. The Hall–Kier alpha value is -0.610. The van der Waals surface area contributed by atoms with Gasteiger partial charge in [0.15, 0.2) is 0 Å². The standard InChI is InChI=1S/C12H25N3O/c1-5-6-14-7-9-15(10-8-14)11(16)12(2,3)13-4/h13H,5-10H2,1-4H3. The van der Waals surface area contributed by atoms with Gasteiger partial charge in [-0.15, -0.1) is 0 Å². The minimum Gasteiger partial charge on any atom is -0.339 e. The number of hydrogen-bond acceptors (Lipinski definition) is 3. The molecule has 4 nitrogen and oxygen atoms in total. The van der Waals surface area contributed by atoms with Crippen LogP contribution in [-0.4, -0.2) is 61.0 Å². The van der Waals surface area contributed by atoms with Gasteiger partial charge < -0.3 is 10.2 Å². The van der Waals surface area contributed by atoms with Crippen LogP contribution in [0.2, 0.25) is 0 Å². The highest BCUT2D eigenvalue weighted by molar-refractivity contribution is 5.85. The van der Waals surface area contributed by atoms with E-state index in [4.69, 9.17) is 0 Å². The van der Waals surface area contributed by atoms with Gasteiger partial charge in [-0.2, -0.15) is 0 Å². The zero-order valence-electron chi connectivity index (χ0n) is 11.0. The second-order valence-electron chi connectivity index (χ2n) is 5.01. The zero-order chi connectivity index (χ0) is 12.2. The summed E-state index contributed by atoms with van der Waals surface area (Å²) in [4.78, 5) is 16.6. The molecule has 0 radical (unpaired) electrons. The van der Waals surface area contributed by atoms with Crippen molar-refractivity contribution in [1.82, 2.24) is 15.1 Å². The van der Waals surface area contributed by atoms with E-state index >= 15 is 0 Å². The topological polar surface area (TPSA) is 35.6 Å². The highest BCUT2D eigenvalue weighted by Gasteiger charge is 2.31. The summed E-state index contributed by atoms with van der Waals surface area (Å²) in [5.74, 6) is 0.214. The summed E-state index contributed by atoms with van der Waals surface area (Å²) in [5, 5.41) is 3.07. The molecule has 1 aliphatic heterocycles. The van der Waals surface area contributed by atoms with Gasteiger partial charge in [0.05, 0.1) is 5.54 Å². The SMILES string of the molecule is CCCN1CCN(C(=O)C(C)(C)NC)CC1. The Morgan fingerprint density at radius 1 is 1.25 bits per heavy atom. The van der Waals surface area contributed by atoms with Crippen LogP contribution in [0, 0.1) is 0 Å². The van der Waals surface area contributed by atoms with Gasteiger partial charge in [0.2, 0.25) is 5.91 Å². The summed E-state index contributed by atoms with van der Waals surface area (Å²) in [6, 6.07) is 0. The van der Waals surface area contributed by atoms with Crippen LogP contribution in [0.25, 0.3) is 0 Å². The lowest BCUT2D eigenvalue weighted by Crippen LogP contribution is -2.57. The second-order valence-corrected chi connectivity index (χ2v) is 5.01. The Balaban J connectivity index is 2.45. The first kappa shape index (κ1) is 13.5. The van der Waals surface area contributed by atoms with E-state index in [9.17, 15) is 4.79 Å². The lowest BCUT2D eigenvalue weighted by Gasteiger charge is -2.38. The van der Waals surface area contributed by atoms with E-state index in [1.165, 1.54) is 6.42 Å². The molecule has 1 saturated heterocycles. The summed E-state index contributed by atoms with van der Waals surface area (Å²) in [6.45, 7) is 11.0. The minimum atomic E-state index is -0.438. The fourth-order valence-corrected chi connectivity index (χ4v) is 1.99. The number of carbonyl (C=O) groups excluding carboxylic acids is 1. The number of nitrogens with one attached hydrogen (secondary N) is 1. The number of likely N-dealkylation sites (N-methyl/N-ethyl adjacent to an activating group) is 1. The Kier molecular flexibility index (Phi) is 4.74. The largest absolute Gasteiger partial charge is 0.339 e. The molecular formula is C12H25N3O. The first-order chi connectivity index (χ1) is 7.51. The van der Waals surface area contributed by atoms with Gasteiger partial charge in [-0.3, -0.25) is 9.69 Å². The molecule has 1 amide bonds. The van der Waals surface area contributed by atoms with E-state index in [1.807, 2.05) is 25.8 Å². The molecule has 4 heteroatoms. The van der Waals surface area contributed by atoms with E-state index in [1.54, 1.807) is 0 Å². The van der Waals surface area contributed by atoms with Crippen LogP contribution in [0.3, 0.4) is 0 Å². The van der Waals surface area contributed by atoms with Crippen LogP contribution >= 0.6 is 0 Å². The first-order valence-electron chi connectivity index (χ1n) is 6.22. The minimum absolute atomic E-state index is 0.214. The molecule has 0 saturated carbocycles. The molecule has 0 spiro atoms. The molecule has 0 aliphatic carbocycles. The number of piperazine rings is 1. The van der Waals surface area contributed by atoms with E-state index in [-0.39, 0.29) is 5.91 Å². The molecule has 1 rings (SSSR count). The second kappa shape index (κ2) is 5.64. The quantitative estimate of drug-likeness (QED) is 0.761. The molecule has 16 heavy (non-hydrogen) atoms. The van der Waals surface area contributed by atoms with Crippen molar-refractivity contribution in [2.75, 3.05) is 39.8 Å². The van der Waals surface area contributed by atoms with Crippen molar-refractivity contribution in [2.45, 2.75) is 32.7 Å². The van der Waals surface area contributed by atoms with Gasteiger partial charge >= 0.3 is 0 Å². The maximum absolute atomic E-state index is 12.2. The van der Waals surface area contributed by atoms with Crippen molar-refractivity contribution in [1.29, 1.82) is 0 Å². The summed E-state index contributed by atoms with van der Waals surface area (Å²) in [5.41, 5.74) is -0.438. The lowest BCUT2D eigenvalue weighted by molar-refractivity contribution is -0.138. The smallest absolute Gasteiger partial charge is 0.242 e. The van der Waals surface area contributed by atoms with E-state index in [2.05, 4.69) is 17.1 Å². The third-order valence-electron chi connectivity index (χ3n) is 3.36. The van der Waals surface area contributed by atoms with Crippen LogP contribution in [0.4, 0.5) is 0 Å². The predicted molar refractivity (Wildman–Crippen MR) is 66.4 cm³/mol. The Bertz CT molecular complexity index is 232. The molecule has 0 aromatic heterocycles. The Labute approximate surface area is 99.0 Å². The molecule has 0 unspecified atom stereocenters. The van der Waals surface area contributed by atoms with Crippen molar-refractivity contribution in [3.05, 3.63) is 0 Å². The van der Waals surface area contributed by atoms with Crippen molar-refractivity contribution >= 4 is 5.91 Å².